The van der Waals surface area contributed by atoms with Crippen LogP contribution in [-0.4, -0.2) is 26.7 Å². The monoisotopic (exact) mass is 302 g/mol. The summed E-state index contributed by atoms with van der Waals surface area (Å²) >= 11 is 0. The molecular formula is C12H10N6O4. The van der Waals surface area contributed by atoms with Gasteiger partial charge in [-0.2, -0.15) is 0 Å². The van der Waals surface area contributed by atoms with Crippen LogP contribution in [0.5, 0.6) is 0 Å². The fraction of sp³-hybridized carbons (Fsp3) is 0. The van der Waals surface area contributed by atoms with E-state index in [1.165, 1.54) is 12.3 Å². The van der Waals surface area contributed by atoms with Gasteiger partial charge in [-0.3, -0.25) is 35.5 Å². The number of pyridine rings is 2. The number of hydrazine groups is 1. The Morgan fingerprint density at radius 1 is 1.18 bits per heavy atom. The van der Waals surface area contributed by atoms with Gasteiger partial charge in [0.05, 0.1) is 10.5 Å². The van der Waals surface area contributed by atoms with Crippen LogP contribution in [-0.2, 0) is 0 Å². The molecule has 0 aliphatic heterocycles. The van der Waals surface area contributed by atoms with Crippen LogP contribution in [0.4, 0.5) is 11.5 Å². The van der Waals surface area contributed by atoms with Gasteiger partial charge in [-0.15, -0.1) is 0 Å². The van der Waals surface area contributed by atoms with Gasteiger partial charge in [0.25, 0.3) is 17.5 Å². The Morgan fingerprint density at radius 3 is 2.55 bits per heavy atom. The van der Waals surface area contributed by atoms with Crippen LogP contribution in [0.25, 0.3) is 0 Å². The highest BCUT2D eigenvalue weighted by Crippen LogP contribution is 2.16. The summed E-state index contributed by atoms with van der Waals surface area (Å²) in [7, 11) is 0. The molecule has 112 valence electrons. The molecule has 10 heteroatoms. The first-order valence-electron chi connectivity index (χ1n) is 5.90. The van der Waals surface area contributed by atoms with Crippen molar-refractivity contribution in [3.63, 3.8) is 0 Å². The van der Waals surface area contributed by atoms with Gasteiger partial charge in [-0.05, 0) is 12.1 Å². The summed E-state index contributed by atoms with van der Waals surface area (Å²) < 4.78 is 0. The molecule has 2 aromatic rings. The zero-order chi connectivity index (χ0) is 16.1. The van der Waals surface area contributed by atoms with Gasteiger partial charge in [0, 0.05) is 12.3 Å². The van der Waals surface area contributed by atoms with E-state index in [0.717, 1.165) is 12.3 Å². The fourth-order valence-corrected chi connectivity index (χ4v) is 1.49. The van der Waals surface area contributed by atoms with Gasteiger partial charge < -0.3 is 5.73 Å². The number of nitrogens with one attached hydrogen (secondary N) is 2. The van der Waals surface area contributed by atoms with E-state index in [-0.39, 0.29) is 17.1 Å². The first-order chi connectivity index (χ1) is 10.5. The molecular weight excluding hydrogens is 292 g/mol. The number of hydrogen-bond donors (Lipinski definition) is 3. The first-order valence-corrected chi connectivity index (χ1v) is 5.90. The van der Waals surface area contributed by atoms with Crippen LogP contribution in [0.2, 0.25) is 0 Å². The Labute approximate surface area is 123 Å². The third-order valence-electron chi connectivity index (χ3n) is 2.55. The number of anilines is 1. The summed E-state index contributed by atoms with van der Waals surface area (Å²) in [6.45, 7) is 0. The largest absolute Gasteiger partial charge is 0.383 e. The van der Waals surface area contributed by atoms with Gasteiger partial charge >= 0.3 is 0 Å². The van der Waals surface area contributed by atoms with Crippen molar-refractivity contribution in [2.45, 2.75) is 0 Å². The van der Waals surface area contributed by atoms with E-state index in [1.54, 1.807) is 12.1 Å². The molecule has 0 fully saturated rings. The summed E-state index contributed by atoms with van der Waals surface area (Å²) in [4.78, 5) is 40.9. The third kappa shape index (κ3) is 3.30. The molecule has 0 saturated heterocycles. The summed E-state index contributed by atoms with van der Waals surface area (Å²) in [5, 5.41) is 10.7. The van der Waals surface area contributed by atoms with E-state index in [4.69, 9.17) is 5.73 Å². The quantitative estimate of drug-likeness (QED) is 0.534. The highest BCUT2D eigenvalue weighted by atomic mass is 16.6. The fourth-order valence-electron chi connectivity index (χ4n) is 1.49. The van der Waals surface area contributed by atoms with Gasteiger partial charge in [0.15, 0.2) is 0 Å². The van der Waals surface area contributed by atoms with Gasteiger partial charge in [-0.1, -0.05) is 6.07 Å². The van der Waals surface area contributed by atoms with Crippen molar-refractivity contribution in [1.29, 1.82) is 0 Å². The average Bonchev–Trinajstić information content (AvgIpc) is 2.53. The van der Waals surface area contributed by atoms with Crippen LogP contribution in [0, 0.1) is 10.1 Å². The molecule has 4 N–H and O–H groups in total. The molecule has 10 nitrogen and oxygen atoms in total. The van der Waals surface area contributed by atoms with Gasteiger partial charge in [-0.25, -0.2) is 4.98 Å². The SMILES string of the molecule is Nc1ncc([N+](=O)[O-])cc1C(=O)NNC(=O)c1ccccn1. The molecule has 0 aromatic carbocycles. The predicted octanol–water partition coefficient (Wildman–Crippen LogP) is 0.0418. The van der Waals surface area contributed by atoms with E-state index < -0.39 is 22.4 Å². The third-order valence-corrected chi connectivity index (χ3v) is 2.55. The molecule has 2 amide bonds. The van der Waals surface area contributed by atoms with Crippen LogP contribution < -0.4 is 16.6 Å². The number of nitrogen functional groups attached to an aromatic ring is 1. The second kappa shape index (κ2) is 6.26. The Bertz CT molecular complexity index is 734. The van der Waals surface area contributed by atoms with E-state index in [0.29, 0.717) is 0 Å². The van der Waals surface area contributed by atoms with Crippen molar-refractivity contribution >= 4 is 23.3 Å². The normalized spacial score (nSPS) is 9.82. The van der Waals surface area contributed by atoms with E-state index in [1.807, 2.05) is 0 Å². The number of amides is 2. The second-order valence-electron chi connectivity index (χ2n) is 4.01. The van der Waals surface area contributed by atoms with Gasteiger partial charge in [0.2, 0.25) is 0 Å². The van der Waals surface area contributed by atoms with Crippen molar-refractivity contribution in [3.05, 3.63) is 58.0 Å². The molecule has 0 radical (unpaired) electrons. The van der Waals surface area contributed by atoms with Crippen molar-refractivity contribution in [2.75, 3.05) is 5.73 Å². The van der Waals surface area contributed by atoms with E-state index in [9.17, 15) is 19.7 Å². The van der Waals surface area contributed by atoms with Crippen molar-refractivity contribution in [1.82, 2.24) is 20.8 Å². The smallest absolute Gasteiger partial charge is 0.288 e. The summed E-state index contributed by atoms with van der Waals surface area (Å²) in [6.07, 6.45) is 2.35. The van der Waals surface area contributed by atoms with Crippen molar-refractivity contribution in [2.24, 2.45) is 0 Å². The lowest BCUT2D eigenvalue weighted by Crippen LogP contribution is -2.42. The maximum Gasteiger partial charge on any atom is 0.288 e. The second-order valence-corrected chi connectivity index (χ2v) is 4.01. The van der Waals surface area contributed by atoms with Crippen LogP contribution in [0.1, 0.15) is 20.8 Å². The lowest BCUT2D eigenvalue weighted by atomic mass is 10.2. The molecule has 0 spiro atoms. The van der Waals surface area contributed by atoms with Crippen LogP contribution in [0.15, 0.2) is 36.7 Å². The molecule has 0 aliphatic rings. The minimum Gasteiger partial charge on any atom is -0.383 e. The van der Waals surface area contributed by atoms with Crippen LogP contribution in [0.3, 0.4) is 0 Å². The van der Waals surface area contributed by atoms with Crippen LogP contribution >= 0.6 is 0 Å². The topological polar surface area (TPSA) is 153 Å². The lowest BCUT2D eigenvalue weighted by Gasteiger charge is -2.08. The minimum atomic E-state index is -0.835. The molecule has 0 saturated carbocycles. The average molecular weight is 302 g/mol. The molecule has 0 unspecified atom stereocenters. The molecule has 0 aliphatic carbocycles. The zero-order valence-electron chi connectivity index (χ0n) is 11.0. The Balaban J connectivity index is 2.08. The molecule has 22 heavy (non-hydrogen) atoms. The molecule has 2 rings (SSSR count). The number of carbonyl (C=O) groups excluding carboxylic acids is 2. The Hall–Kier alpha value is -3.56. The summed E-state index contributed by atoms with van der Waals surface area (Å²) in [6, 6.07) is 5.65. The maximum absolute atomic E-state index is 11.9. The highest BCUT2D eigenvalue weighted by Gasteiger charge is 2.17. The number of rotatable bonds is 3. The molecule has 2 heterocycles. The minimum absolute atomic E-state index is 0.0907. The molecule has 0 bridgehead atoms. The van der Waals surface area contributed by atoms with E-state index in [2.05, 4.69) is 20.8 Å². The number of nitro groups is 1. The zero-order valence-corrected chi connectivity index (χ0v) is 11.0. The van der Waals surface area contributed by atoms with Crippen molar-refractivity contribution in [3.8, 4) is 0 Å². The Kier molecular flexibility index (Phi) is 4.22. The first kappa shape index (κ1) is 14.8. The van der Waals surface area contributed by atoms with Gasteiger partial charge in [0.1, 0.15) is 17.7 Å². The van der Waals surface area contributed by atoms with Crippen molar-refractivity contribution < 1.29 is 14.5 Å². The lowest BCUT2D eigenvalue weighted by molar-refractivity contribution is -0.385. The highest BCUT2D eigenvalue weighted by molar-refractivity contribution is 6.01. The number of nitrogens with zero attached hydrogens (tertiary/aromatic N) is 3. The van der Waals surface area contributed by atoms with E-state index >= 15 is 0 Å². The molecule has 0 atom stereocenters. The number of hydrogen-bond acceptors (Lipinski definition) is 7. The molecule has 2 aromatic heterocycles. The standard InChI is InChI=1S/C12H10N6O4/c13-10-8(5-7(6-15-10)18(21)22)11(19)16-17-12(20)9-3-1-2-4-14-9/h1-6H,(H2,13,15)(H,16,19)(H,17,20). The Morgan fingerprint density at radius 2 is 1.91 bits per heavy atom. The summed E-state index contributed by atoms with van der Waals surface area (Å²) in [5.41, 5.74) is 9.16. The summed E-state index contributed by atoms with van der Waals surface area (Å²) in [5.74, 6) is -1.68. The number of aromatic nitrogens is 2. The number of nitrogens with two attached hydrogens (primary N) is 1. The number of carbonyl (C=O) groups is 2. The maximum atomic E-state index is 11.9. The predicted molar refractivity (Wildman–Crippen MR) is 74.5 cm³/mol.